The first-order valence-electron chi connectivity index (χ1n) is 7.65. The number of aryl methyl sites for hydroxylation is 1. The molecule has 0 spiro atoms. The quantitative estimate of drug-likeness (QED) is 0.760. The summed E-state index contributed by atoms with van der Waals surface area (Å²) in [5.41, 5.74) is 15.1. The first-order chi connectivity index (χ1) is 10.7. The summed E-state index contributed by atoms with van der Waals surface area (Å²) in [6, 6.07) is 10.7. The van der Waals surface area contributed by atoms with Gasteiger partial charge in [0.15, 0.2) is 0 Å². The molecule has 2 heterocycles. The first-order valence-corrected chi connectivity index (χ1v) is 7.65. The lowest BCUT2D eigenvalue weighted by Gasteiger charge is -2.25. The Kier molecular flexibility index (Phi) is 2.99. The van der Waals surface area contributed by atoms with E-state index in [1.807, 2.05) is 0 Å². The topological polar surface area (TPSA) is 82.8 Å². The van der Waals surface area contributed by atoms with Gasteiger partial charge in [-0.1, -0.05) is 18.2 Å². The number of aromatic nitrogens is 3. The predicted octanol–water partition coefficient (Wildman–Crippen LogP) is 2.40. The van der Waals surface area contributed by atoms with Crippen molar-refractivity contribution in [1.29, 1.82) is 0 Å². The number of nitrogens with two attached hydrogens (primary N) is 2. The monoisotopic (exact) mass is 293 g/mol. The van der Waals surface area contributed by atoms with Gasteiger partial charge in [0.25, 0.3) is 0 Å². The molecule has 5 heteroatoms. The highest BCUT2D eigenvalue weighted by atomic mass is 15.0. The molecule has 1 aromatic carbocycles. The molecule has 0 amide bonds. The molecule has 0 saturated carbocycles. The van der Waals surface area contributed by atoms with Crippen LogP contribution in [0.3, 0.4) is 0 Å². The molecule has 0 radical (unpaired) electrons. The third-order valence-electron chi connectivity index (χ3n) is 4.56. The lowest BCUT2D eigenvalue weighted by Crippen LogP contribution is -2.22. The highest BCUT2D eigenvalue weighted by Crippen LogP contribution is 2.30. The van der Waals surface area contributed by atoms with E-state index in [1.54, 1.807) is 0 Å². The summed E-state index contributed by atoms with van der Waals surface area (Å²) >= 11 is 0. The molecule has 0 fully saturated rings. The van der Waals surface area contributed by atoms with E-state index in [9.17, 15) is 0 Å². The average Bonchev–Trinajstić information content (AvgIpc) is 2.91. The maximum atomic E-state index is 6.03. The van der Waals surface area contributed by atoms with Crippen LogP contribution in [-0.4, -0.2) is 14.5 Å². The molecule has 3 aromatic rings. The molecule has 1 atom stereocenters. The molecule has 0 unspecified atom stereocenters. The normalized spacial score (nSPS) is 17.5. The number of para-hydroxylation sites is 1. The first kappa shape index (κ1) is 13.1. The summed E-state index contributed by atoms with van der Waals surface area (Å²) in [6.07, 6.45) is 5.13. The van der Waals surface area contributed by atoms with Gasteiger partial charge in [0, 0.05) is 23.8 Å². The second kappa shape index (κ2) is 5.02. The smallest absolute Gasteiger partial charge is 0.222 e. The largest absolute Gasteiger partial charge is 0.383 e. The molecule has 5 nitrogen and oxygen atoms in total. The molecule has 4 N–H and O–H groups in total. The van der Waals surface area contributed by atoms with E-state index in [4.69, 9.17) is 11.5 Å². The minimum absolute atomic E-state index is 0.283. The summed E-state index contributed by atoms with van der Waals surface area (Å²) in [5, 5.41) is 1.29. The Balaban J connectivity index is 1.60. The van der Waals surface area contributed by atoms with Crippen molar-refractivity contribution >= 4 is 22.7 Å². The van der Waals surface area contributed by atoms with E-state index in [2.05, 4.69) is 51.1 Å². The molecule has 1 aliphatic carbocycles. The minimum atomic E-state index is 0.283. The Morgan fingerprint density at radius 2 is 2.00 bits per heavy atom. The van der Waals surface area contributed by atoms with Crippen molar-refractivity contribution < 1.29 is 0 Å². The van der Waals surface area contributed by atoms with E-state index >= 15 is 0 Å². The number of benzene rings is 1. The highest BCUT2D eigenvalue weighted by Gasteiger charge is 2.23. The van der Waals surface area contributed by atoms with Gasteiger partial charge in [0.05, 0.1) is 5.69 Å². The summed E-state index contributed by atoms with van der Waals surface area (Å²) in [4.78, 5) is 8.44. The van der Waals surface area contributed by atoms with Crippen molar-refractivity contribution in [3.05, 3.63) is 47.8 Å². The molecular weight excluding hydrogens is 274 g/mol. The van der Waals surface area contributed by atoms with Gasteiger partial charge in [0.1, 0.15) is 5.82 Å². The highest BCUT2D eigenvalue weighted by molar-refractivity contribution is 5.79. The summed E-state index contributed by atoms with van der Waals surface area (Å²) in [7, 11) is 0. The number of fused-ring (bicyclic) bond motifs is 2. The maximum absolute atomic E-state index is 6.03. The SMILES string of the molecule is Nc1nc(N)c2c(n1)CC[C@H](Cn1ccc3ccccc31)C2. The zero-order valence-corrected chi connectivity index (χ0v) is 12.4. The number of nitrogens with zero attached hydrogens (tertiary/aromatic N) is 3. The Bertz CT molecular complexity index is 836. The third-order valence-corrected chi connectivity index (χ3v) is 4.56. The van der Waals surface area contributed by atoms with Gasteiger partial charge >= 0.3 is 0 Å². The maximum Gasteiger partial charge on any atom is 0.222 e. The number of rotatable bonds is 2. The Morgan fingerprint density at radius 3 is 2.91 bits per heavy atom. The number of hydrogen-bond donors (Lipinski definition) is 2. The van der Waals surface area contributed by atoms with Crippen molar-refractivity contribution in [3.63, 3.8) is 0 Å². The van der Waals surface area contributed by atoms with Crippen LogP contribution in [0.25, 0.3) is 10.9 Å². The minimum Gasteiger partial charge on any atom is -0.383 e. The molecule has 112 valence electrons. The van der Waals surface area contributed by atoms with Gasteiger partial charge < -0.3 is 16.0 Å². The standard InChI is InChI=1S/C17H19N5/c18-16-13-9-11(5-6-14(13)20-17(19)21-16)10-22-8-7-12-3-1-2-4-15(12)22/h1-4,7-8,11H,5-6,9-10H2,(H4,18,19,20,21)/t11-/m0/s1. The van der Waals surface area contributed by atoms with Crippen LogP contribution in [0.5, 0.6) is 0 Å². The number of anilines is 2. The second-order valence-electron chi connectivity index (χ2n) is 6.03. The van der Waals surface area contributed by atoms with E-state index in [-0.39, 0.29) is 5.95 Å². The van der Waals surface area contributed by atoms with Crippen LogP contribution in [0.1, 0.15) is 17.7 Å². The summed E-state index contributed by atoms with van der Waals surface area (Å²) in [5.74, 6) is 1.38. The Labute approximate surface area is 129 Å². The van der Waals surface area contributed by atoms with Crippen molar-refractivity contribution in [2.75, 3.05) is 11.5 Å². The predicted molar refractivity (Wildman–Crippen MR) is 88.3 cm³/mol. The van der Waals surface area contributed by atoms with E-state index in [0.717, 1.165) is 37.1 Å². The van der Waals surface area contributed by atoms with E-state index in [0.29, 0.717) is 11.7 Å². The molecule has 1 aliphatic rings. The van der Waals surface area contributed by atoms with Crippen molar-refractivity contribution in [3.8, 4) is 0 Å². The van der Waals surface area contributed by atoms with Crippen LogP contribution in [0.2, 0.25) is 0 Å². The molecule has 2 aromatic heterocycles. The van der Waals surface area contributed by atoms with Crippen LogP contribution < -0.4 is 11.5 Å². The Morgan fingerprint density at radius 1 is 1.14 bits per heavy atom. The fraction of sp³-hybridized carbons (Fsp3) is 0.294. The molecular formula is C17H19N5. The van der Waals surface area contributed by atoms with Crippen LogP contribution in [0, 0.1) is 5.92 Å². The fourth-order valence-corrected chi connectivity index (χ4v) is 3.46. The van der Waals surface area contributed by atoms with E-state index < -0.39 is 0 Å². The molecule has 22 heavy (non-hydrogen) atoms. The average molecular weight is 293 g/mol. The van der Waals surface area contributed by atoms with Crippen LogP contribution in [0.15, 0.2) is 36.5 Å². The van der Waals surface area contributed by atoms with Crippen molar-refractivity contribution in [1.82, 2.24) is 14.5 Å². The number of hydrogen-bond acceptors (Lipinski definition) is 4. The van der Waals surface area contributed by atoms with Gasteiger partial charge in [-0.2, -0.15) is 4.98 Å². The molecule has 0 bridgehead atoms. The van der Waals surface area contributed by atoms with Gasteiger partial charge in [-0.25, -0.2) is 4.98 Å². The second-order valence-corrected chi connectivity index (χ2v) is 6.03. The van der Waals surface area contributed by atoms with E-state index in [1.165, 1.54) is 10.9 Å². The lowest BCUT2D eigenvalue weighted by molar-refractivity contribution is 0.397. The summed E-state index contributed by atoms with van der Waals surface area (Å²) in [6.45, 7) is 0.997. The van der Waals surface area contributed by atoms with Crippen molar-refractivity contribution in [2.45, 2.75) is 25.8 Å². The zero-order valence-electron chi connectivity index (χ0n) is 12.4. The van der Waals surface area contributed by atoms with Crippen LogP contribution in [-0.2, 0) is 19.4 Å². The molecule has 0 saturated heterocycles. The van der Waals surface area contributed by atoms with Gasteiger partial charge in [0.2, 0.25) is 5.95 Å². The Hall–Kier alpha value is -2.56. The zero-order chi connectivity index (χ0) is 15.1. The third kappa shape index (κ3) is 2.19. The van der Waals surface area contributed by atoms with Crippen LogP contribution >= 0.6 is 0 Å². The molecule has 0 aliphatic heterocycles. The van der Waals surface area contributed by atoms with Gasteiger partial charge in [-0.15, -0.1) is 0 Å². The van der Waals surface area contributed by atoms with Gasteiger partial charge in [-0.05, 0) is 42.7 Å². The van der Waals surface area contributed by atoms with Crippen LogP contribution in [0.4, 0.5) is 11.8 Å². The lowest BCUT2D eigenvalue weighted by atomic mass is 9.86. The van der Waals surface area contributed by atoms with Crippen molar-refractivity contribution in [2.24, 2.45) is 5.92 Å². The molecule has 4 rings (SSSR count). The number of nitrogen functional groups attached to an aromatic ring is 2. The summed E-state index contributed by atoms with van der Waals surface area (Å²) < 4.78 is 2.33. The fourth-order valence-electron chi connectivity index (χ4n) is 3.46. The van der Waals surface area contributed by atoms with Gasteiger partial charge in [-0.3, -0.25) is 0 Å².